The van der Waals surface area contributed by atoms with E-state index >= 15 is 0 Å². The van der Waals surface area contributed by atoms with E-state index in [4.69, 9.17) is 16.6 Å². The van der Waals surface area contributed by atoms with Crippen molar-refractivity contribution in [3.63, 3.8) is 0 Å². The Labute approximate surface area is 167 Å². The van der Waals surface area contributed by atoms with Gasteiger partial charge in [0.25, 0.3) is 5.91 Å². The molecule has 2 N–H and O–H groups in total. The maximum Gasteiger partial charge on any atom is 0.257 e. The summed E-state index contributed by atoms with van der Waals surface area (Å²) in [6, 6.07) is 22.4. The minimum absolute atomic E-state index is 0.214. The van der Waals surface area contributed by atoms with E-state index in [0.717, 1.165) is 11.1 Å². The van der Waals surface area contributed by atoms with Crippen molar-refractivity contribution in [1.82, 2.24) is 10.3 Å². The number of nitrogens with one attached hydrogen (secondary N) is 2. The molecule has 0 saturated heterocycles. The molecule has 0 atom stereocenters. The molecule has 3 aromatic carbocycles. The molecule has 138 valence electrons. The molecule has 0 aliphatic heterocycles. The van der Waals surface area contributed by atoms with Crippen molar-refractivity contribution < 1.29 is 9.21 Å². The lowest BCUT2D eigenvalue weighted by Gasteiger charge is -2.09. The molecule has 28 heavy (non-hydrogen) atoms. The summed E-state index contributed by atoms with van der Waals surface area (Å²) in [7, 11) is 0. The first-order chi connectivity index (χ1) is 13.6. The van der Waals surface area contributed by atoms with Gasteiger partial charge in [0.2, 0.25) is 5.89 Å². The molecule has 4 aromatic rings. The predicted octanol–water partition coefficient (Wildman–Crippen LogP) is 4.93. The first-order valence-corrected chi connectivity index (χ1v) is 9.14. The number of nitrogens with zero attached hydrogens (tertiary/aromatic N) is 1. The lowest BCUT2D eigenvalue weighted by molar-refractivity contribution is 0.0977. The van der Waals surface area contributed by atoms with Crippen molar-refractivity contribution in [2.24, 2.45) is 0 Å². The molecular weight excluding hydrogens is 370 g/mol. The zero-order valence-electron chi connectivity index (χ0n) is 15.1. The number of hydrogen-bond donors (Lipinski definition) is 2. The maximum absolute atomic E-state index is 12.2. The van der Waals surface area contributed by atoms with Gasteiger partial charge in [0.1, 0.15) is 5.52 Å². The Balaban J connectivity index is 1.49. The fraction of sp³-hybridized carbons (Fsp3) is 0.0455. The normalized spacial score (nSPS) is 10.6. The Kier molecular flexibility index (Phi) is 4.87. The number of aryl methyl sites for hydroxylation is 1. The third-order valence-electron chi connectivity index (χ3n) is 4.21. The number of carbonyl (C=O) groups is 1. The Hall–Kier alpha value is -3.51. The van der Waals surface area contributed by atoms with Gasteiger partial charge in [0, 0.05) is 22.9 Å². The minimum Gasteiger partial charge on any atom is -0.436 e. The molecule has 0 aliphatic carbocycles. The summed E-state index contributed by atoms with van der Waals surface area (Å²) >= 11 is 5.24. The third kappa shape index (κ3) is 3.92. The molecule has 0 fully saturated rings. The molecule has 1 amide bonds. The molecule has 0 bridgehead atoms. The zero-order valence-corrected chi connectivity index (χ0v) is 15.9. The quantitative estimate of drug-likeness (QED) is 0.488. The van der Waals surface area contributed by atoms with Crippen LogP contribution >= 0.6 is 12.2 Å². The van der Waals surface area contributed by atoms with E-state index in [0.29, 0.717) is 22.7 Å². The van der Waals surface area contributed by atoms with Crippen molar-refractivity contribution in [2.75, 3.05) is 5.32 Å². The highest BCUT2D eigenvalue weighted by atomic mass is 32.1. The van der Waals surface area contributed by atoms with E-state index in [9.17, 15) is 4.79 Å². The van der Waals surface area contributed by atoms with Gasteiger partial charge in [-0.05, 0) is 55.5 Å². The highest BCUT2D eigenvalue weighted by Gasteiger charge is 2.11. The van der Waals surface area contributed by atoms with Crippen molar-refractivity contribution in [3.8, 4) is 11.5 Å². The van der Waals surface area contributed by atoms with Gasteiger partial charge < -0.3 is 9.73 Å². The van der Waals surface area contributed by atoms with Gasteiger partial charge in [-0.2, -0.15) is 0 Å². The second-order valence-corrected chi connectivity index (χ2v) is 6.75. The molecule has 0 saturated carbocycles. The topological polar surface area (TPSA) is 67.2 Å². The van der Waals surface area contributed by atoms with E-state index in [1.165, 1.54) is 5.56 Å². The number of fused-ring (bicyclic) bond motifs is 1. The summed E-state index contributed by atoms with van der Waals surface area (Å²) in [6.07, 6.45) is 0. The largest absolute Gasteiger partial charge is 0.436 e. The molecule has 0 spiro atoms. The van der Waals surface area contributed by atoms with Crippen LogP contribution in [0.25, 0.3) is 22.6 Å². The second kappa shape index (κ2) is 7.62. The summed E-state index contributed by atoms with van der Waals surface area (Å²) in [5, 5.41) is 5.88. The molecule has 4 rings (SSSR count). The van der Waals surface area contributed by atoms with Gasteiger partial charge in [-0.1, -0.05) is 35.9 Å². The van der Waals surface area contributed by atoms with Crippen molar-refractivity contribution >= 4 is 40.0 Å². The van der Waals surface area contributed by atoms with E-state index in [2.05, 4.69) is 15.6 Å². The lowest BCUT2D eigenvalue weighted by Crippen LogP contribution is -2.34. The van der Waals surface area contributed by atoms with E-state index in [1.807, 2.05) is 49.4 Å². The number of carbonyl (C=O) groups excluding carboxylic acids is 1. The summed E-state index contributed by atoms with van der Waals surface area (Å²) in [4.78, 5) is 16.7. The van der Waals surface area contributed by atoms with Crippen molar-refractivity contribution in [1.29, 1.82) is 0 Å². The second-order valence-electron chi connectivity index (χ2n) is 6.34. The number of benzene rings is 3. The van der Waals surface area contributed by atoms with Crippen LogP contribution in [-0.4, -0.2) is 16.0 Å². The van der Waals surface area contributed by atoms with Crippen molar-refractivity contribution in [3.05, 3.63) is 83.9 Å². The number of amides is 1. The van der Waals surface area contributed by atoms with Crippen molar-refractivity contribution in [2.45, 2.75) is 6.92 Å². The highest BCUT2D eigenvalue weighted by molar-refractivity contribution is 7.80. The van der Waals surface area contributed by atoms with Gasteiger partial charge >= 0.3 is 0 Å². The minimum atomic E-state index is -0.263. The van der Waals surface area contributed by atoms with Crippen LogP contribution < -0.4 is 10.6 Å². The van der Waals surface area contributed by atoms with Crippen LogP contribution in [0.5, 0.6) is 0 Å². The van der Waals surface area contributed by atoms with Crippen LogP contribution in [0, 0.1) is 6.92 Å². The van der Waals surface area contributed by atoms with Gasteiger partial charge in [-0.3, -0.25) is 10.1 Å². The molecule has 1 heterocycles. The van der Waals surface area contributed by atoms with E-state index < -0.39 is 0 Å². The first-order valence-electron chi connectivity index (χ1n) is 8.73. The van der Waals surface area contributed by atoms with E-state index in [1.54, 1.807) is 30.3 Å². The third-order valence-corrected chi connectivity index (χ3v) is 4.41. The van der Waals surface area contributed by atoms with Crippen LogP contribution in [0.1, 0.15) is 15.9 Å². The average Bonchev–Trinajstić information content (AvgIpc) is 3.12. The predicted molar refractivity (Wildman–Crippen MR) is 114 cm³/mol. The number of hydrogen-bond acceptors (Lipinski definition) is 4. The standard InChI is InChI=1S/C22H17N3O2S/c1-14-7-9-16(10-8-14)21-24-18-12-11-17(13-19(18)27-21)23-22(28)25-20(26)15-5-3-2-4-6-15/h2-13H,1H3,(H2,23,25,26,28). The molecule has 0 radical (unpaired) electrons. The number of oxazole rings is 1. The SMILES string of the molecule is Cc1ccc(-c2nc3ccc(NC(=S)NC(=O)c4ccccc4)cc3o2)cc1. The molecule has 1 aromatic heterocycles. The van der Waals surface area contributed by atoms with Gasteiger partial charge in [0.05, 0.1) is 0 Å². The molecule has 5 nitrogen and oxygen atoms in total. The number of anilines is 1. The smallest absolute Gasteiger partial charge is 0.257 e. The summed E-state index contributed by atoms with van der Waals surface area (Å²) < 4.78 is 5.88. The van der Waals surface area contributed by atoms with Crippen LogP contribution in [0.2, 0.25) is 0 Å². The summed E-state index contributed by atoms with van der Waals surface area (Å²) in [5.41, 5.74) is 4.73. The number of aromatic nitrogens is 1. The van der Waals surface area contributed by atoms with Gasteiger partial charge in [-0.25, -0.2) is 4.98 Å². The van der Waals surface area contributed by atoms with Crippen LogP contribution in [0.4, 0.5) is 5.69 Å². The van der Waals surface area contributed by atoms with Gasteiger partial charge in [0.15, 0.2) is 10.7 Å². The average molecular weight is 387 g/mol. The number of rotatable bonds is 3. The monoisotopic (exact) mass is 387 g/mol. The Morgan fingerprint density at radius 3 is 2.50 bits per heavy atom. The summed E-state index contributed by atoms with van der Waals surface area (Å²) in [6.45, 7) is 2.03. The molecule has 6 heteroatoms. The van der Waals surface area contributed by atoms with Crippen LogP contribution in [-0.2, 0) is 0 Å². The lowest BCUT2D eigenvalue weighted by atomic mass is 10.1. The van der Waals surface area contributed by atoms with Crippen LogP contribution in [0.15, 0.2) is 77.2 Å². The Morgan fingerprint density at radius 2 is 1.75 bits per heavy atom. The number of thiocarbonyl (C=S) groups is 1. The molecule has 0 aliphatic rings. The highest BCUT2D eigenvalue weighted by Crippen LogP contribution is 2.26. The molecular formula is C22H17N3O2S. The molecule has 0 unspecified atom stereocenters. The summed E-state index contributed by atoms with van der Waals surface area (Å²) in [5.74, 6) is 0.299. The Bertz CT molecular complexity index is 1150. The fourth-order valence-electron chi connectivity index (χ4n) is 2.75. The fourth-order valence-corrected chi connectivity index (χ4v) is 2.96. The maximum atomic E-state index is 12.2. The Morgan fingerprint density at radius 1 is 1.00 bits per heavy atom. The van der Waals surface area contributed by atoms with Gasteiger partial charge in [-0.15, -0.1) is 0 Å². The van der Waals surface area contributed by atoms with Crippen LogP contribution in [0.3, 0.4) is 0 Å². The zero-order chi connectivity index (χ0) is 19.5. The van der Waals surface area contributed by atoms with E-state index in [-0.39, 0.29) is 11.0 Å². The first kappa shape index (κ1) is 17.9.